The summed E-state index contributed by atoms with van der Waals surface area (Å²) in [5.41, 5.74) is 13.6. The van der Waals surface area contributed by atoms with E-state index in [-0.39, 0.29) is 0 Å². The predicted octanol–water partition coefficient (Wildman–Crippen LogP) is 14.4. The molecule has 2 rings (SSSR count). The Morgan fingerprint density at radius 1 is 0.449 bits per heavy atom. The first-order valence-corrected chi connectivity index (χ1v) is 40.5. The van der Waals surface area contributed by atoms with Crippen molar-refractivity contribution in [1.29, 1.82) is 0 Å². The number of hydrogen-bond donors (Lipinski definition) is 0. The van der Waals surface area contributed by atoms with Gasteiger partial charge in [-0.3, -0.25) is 9.98 Å². The Hall–Kier alpha value is -0.919. The number of aryl methyl sites for hydroxylation is 3. The third-order valence-electron chi connectivity index (χ3n) is 10.1. The van der Waals surface area contributed by atoms with Gasteiger partial charge in [-0.25, -0.2) is 0 Å². The van der Waals surface area contributed by atoms with E-state index >= 15 is 0 Å². The summed E-state index contributed by atoms with van der Waals surface area (Å²) in [6.07, 6.45) is 0.801. The maximum Gasteiger partial charge on any atom is 0.0687 e. The molecule has 0 aliphatic carbocycles. The van der Waals surface area contributed by atoms with Crippen LogP contribution in [0.15, 0.2) is 34.3 Å². The standard InChI is InChI=1S/C41H78N2Si6/c1-29-24-30(2)37(31(3)25-29)42-32(4)26-33(5)43-38-35(40(46(12,13)14)47(15,16)17)27-34(39(44(6,7)8)45(9,10)11)28-36(38)41(48(18,19)20)49(21,22)23/h24-25,27-28,39-41H,26H2,1-23H3. The van der Waals surface area contributed by atoms with Crippen molar-refractivity contribution >= 4 is 71.2 Å². The van der Waals surface area contributed by atoms with Crippen LogP contribution in [0.25, 0.3) is 0 Å². The molecule has 0 saturated heterocycles. The highest BCUT2D eigenvalue weighted by molar-refractivity contribution is 6.98. The Labute approximate surface area is 311 Å². The lowest BCUT2D eigenvalue weighted by molar-refractivity contribution is 1.07. The molecule has 0 aliphatic heterocycles. The topological polar surface area (TPSA) is 24.7 Å². The van der Waals surface area contributed by atoms with Gasteiger partial charge in [-0.2, -0.15) is 0 Å². The van der Waals surface area contributed by atoms with E-state index in [4.69, 9.17) is 9.98 Å². The lowest BCUT2D eigenvalue weighted by Crippen LogP contribution is -2.49. The largest absolute Gasteiger partial charge is 0.257 e. The van der Waals surface area contributed by atoms with Gasteiger partial charge in [0.2, 0.25) is 0 Å². The molecule has 276 valence electrons. The SMILES string of the molecule is CC(CC(C)=Nc1c(C([Si](C)(C)C)[Si](C)(C)C)cc(C([Si](C)(C)C)[Si](C)(C)C)cc1C([Si](C)(C)C)[Si](C)(C)C)=Nc1c(C)cc(C)cc1C. The fourth-order valence-corrected chi connectivity index (χ4v) is 48.5. The zero-order chi connectivity index (χ0) is 38.5. The molecule has 0 aromatic heterocycles. The average Bonchev–Trinajstić information content (AvgIpc) is 2.77. The smallest absolute Gasteiger partial charge is 0.0687 e. The Kier molecular flexibility index (Phi) is 13.7. The van der Waals surface area contributed by atoms with Gasteiger partial charge in [0.1, 0.15) is 0 Å². The van der Waals surface area contributed by atoms with Crippen molar-refractivity contribution in [2.75, 3.05) is 0 Å². The Bertz CT molecular complexity index is 1430. The molecule has 0 spiro atoms. The molecule has 0 heterocycles. The van der Waals surface area contributed by atoms with Gasteiger partial charge in [0.05, 0.1) is 11.4 Å². The molecule has 0 aliphatic rings. The average molecular weight is 768 g/mol. The summed E-state index contributed by atoms with van der Waals surface area (Å²) in [6.45, 7) is 58.4. The molecule has 0 bridgehead atoms. The number of benzene rings is 2. The van der Waals surface area contributed by atoms with Crippen LogP contribution in [0.4, 0.5) is 11.4 Å². The lowest BCUT2D eigenvalue weighted by atomic mass is 10.0. The molecule has 2 aromatic rings. The van der Waals surface area contributed by atoms with Gasteiger partial charge in [-0.15, -0.1) is 0 Å². The summed E-state index contributed by atoms with van der Waals surface area (Å²) >= 11 is 0. The van der Waals surface area contributed by atoms with E-state index in [1.165, 1.54) is 28.1 Å². The van der Waals surface area contributed by atoms with Crippen molar-refractivity contribution in [1.82, 2.24) is 0 Å². The zero-order valence-electron chi connectivity index (χ0n) is 36.6. The first-order valence-electron chi connectivity index (χ1n) is 19.0. The maximum atomic E-state index is 5.87. The first-order chi connectivity index (χ1) is 21.7. The molecular weight excluding hydrogens is 689 g/mol. The van der Waals surface area contributed by atoms with Crippen LogP contribution in [0.5, 0.6) is 0 Å². The molecular formula is C41H78N2Si6. The Balaban J connectivity index is 3.21. The summed E-state index contributed by atoms with van der Waals surface area (Å²) < 4.78 is 0. The van der Waals surface area contributed by atoms with E-state index in [0.29, 0.717) is 15.5 Å². The van der Waals surface area contributed by atoms with Crippen LogP contribution in [0.3, 0.4) is 0 Å². The molecule has 2 aromatic carbocycles. The molecule has 0 atom stereocenters. The quantitative estimate of drug-likeness (QED) is 0.143. The summed E-state index contributed by atoms with van der Waals surface area (Å²) in [6, 6.07) is 10.1. The zero-order valence-corrected chi connectivity index (χ0v) is 42.6. The number of hydrogen-bond acceptors (Lipinski definition) is 2. The van der Waals surface area contributed by atoms with Crippen molar-refractivity contribution in [2.24, 2.45) is 9.98 Å². The second kappa shape index (κ2) is 15.2. The van der Waals surface area contributed by atoms with Crippen molar-refractivity contribution in [3.63, 3.8) is 0 Å². The molecule has 0 amide bonds. The third kappa shape index (κ3) is 11.5. The van der Waals surface area contributed by atoms with E-state index in [1.807, 2.05) is 0 Å². The minimum Gasteiger partial charge on any atom is -0.257 e. The summed E-state index contributed by atoms with van der Waals surface area (Å²) in [5, 5.41) is 1.97. The van der Waals surface area contributed by atoms with E-state index < -0.39 is 48.4 Å². The van der Waals surface area contributed by atoms with Gasteiger partial charge in [0, 0.05) is 66.3 Å². The van der Waals surface area contributed by atoms with E-state index in [1.54, 1.807) is 16.7 Å². The van der Waals surface area contributed by atoms with E-state index in [0.717, 1.165) is 17.8 Å². The maximum absolute atomic E-state index is 5.87. The summed E-state index contributed by atoms with van der Waals surface area (Å²) in [5.74, 6) is 0. The van der Waals surface area contributed by atoms with Gasteiger partial charge in [0.25, 0.3) is 0 Å². The van der Waals surface area contributed by atoms with Crippen LogP contribution in [0, 0.1) is 20.8 Å². The van der Waals surface area contributed by atoms with Gasteiger partial charge in [-0.05, 0) is 77.9 Å². The highest BCUT2D eigenvalue weighted by Gasteiger charge is 2.46. The van der Waals surface area contributed by atoms with Crippen molar-refractivity contribution in [2.45, 2.75) is 174 Å². The molecule has 8 heteroatoms. The van der Waals surface area contributed by atoms with Crippen LogP contribution < -0.4 is 0 Å². The van der Waals surface area contributed by atoms with Crippen molar-refractivity contribution in [3.05, 3.63) is 57.6 Å². The van der Waals surface area contributed by atoms with Gasteiger partial charge >= 0.3 is 0 Å². The van der Waals surface area contributed by atoms with Gasteiger partial charge < -0.3 is 0 Å². The van der Waals surface area contributed by atoms with Crippen LogP contribution in [0.1, 0.15) is 69.1 Å². The van der Waals surface area contributed by atoms with Crippen LogP contribution in [0.2, 0.25) is 118 Å². The van der Waals surface area contributed by atoms with Gasteiger partial charge in [-0.1, -0.05) is 148 Å². The normalized spacial score (nSPS) is 14.9. The predicted molar refractivity (Wildman–Crippen MR) is 246 cm³/mol. The first kappa shape index (κ1) is 44.2. The molecule has 0 saturated carbocycles. The molecule has 0 fully saturated rings. The fourth-order valence-electron chi connectivity index (χ4n) is 10.4. The lowest BCUT2D eigenvalue weighted by Gasteiger charge is -2.45. The van der Waals surface area contributed by atoms with E-state index in [9.17, 15) is 0 Å². The summed E-state index contributed by atoms with van der Waals surface area (Å²) in [7, 11) is -9.58. The van der Waals surface area contributed by atoms with E-state index in [2.05, 4.69) is 177 Å². The Morgan fingerprint density at radius 2 is 0.735 bits per heavy atom. The van der Waals surface area contributed by atoms with Crippen LogP contribution >= 0.6 is 0 Å². The minimum absolute atomic E-state index is 0.630. The number of aliphatic imine (C=N–C) groups is 2. The molecule has 0 radical (unpaired) electrons. The minimum atomic E-state index is -1.63. The Morgan fingerprint density at radius 3 is 1.02 bits per heavy atom. The second-order valence-corrected chi connectivity index (χ2v) is 55.7. The van der Waals surface area contributed by atoms with Crippen LogP contribution in [-0.4, -0.2) is 59.9 Å². The molecule has 49 heavy (non-hydrogen) atoms. The fraction of sp³-hybridized carbons (Fsp3) is 0.659. The monoisotopic (exact) mass is 766 g/mol. The highest BCUT2D eigenvalue weighted by Crippen LogP contribution is 2.50. The number of rotatable bonds is 13. The van der Waals surface area contributed by atoms with Crippen molar-refractivity contribution < 1.29 is 0 Å². The van der Waals surface area contributed by atoms with Crippen LogP contribution in [-0.2, 0) is 0 Å². The second-order valence-electron chi connectivity index (χ2n) is 22.2. The van der Waals surface area contributed by atoms with Crippen molar-refractivity contribution in [3.8, 4) is 0 Å². The molecule has 2 nitrogen and oxygen atoms in total. The molecule has 0 N–H and O–H groups in total. The molecule has 0 unspecified atom stereocenters. The highest BCUT2D eigenvalue weighted by atomic mass is 28.4. The summed E-state index contributed by atoms with van der Waals surface area (Å²) in [4.78, 5) is 11.1. The van der Waals surface area contributed by atoms with Gasteiger partial charge in [0.15, 0.2) is 0 Å². The number of nitrogens with zero attached hydrogens (tertiary/aromatic N) is 2. The third-order valence-corrected chi connectivity index (χ3v) is 38.0.